The average Bonchev–Trinajstić information content (AvgIpc) is 2.60. The SMILES string of the molecule is COc1ccccc1C1(C(=O)N2C[C@@H](C)C[C@H](C)C2)CCOCC1. The molecular weight excluding hydrogens is 302 g/mol. The summed E-state index contributed by atoms with van der Waals surface area (Å²) in [6, 6.07) is 7.98. The molecule has 0 aliphatic carbocycles. The fourth-order valence-electron chi connectivity index (χ4n) is 4.49. The van der Waals surface area contributed by atoms with Crippen molar-refractivity contribution in [1.82, 2.24) is 4.90 Å². The van der Waals surface area contributed by atoms with E-state index in [4.69, 9.17) is 9.47 Å². The first-order chi connectivity index (χ1) is 11.6. The lowest BCUT2D eigenvalue weighted by molar-refractivity contribution is -0.144. The van der Waals surface area contributed by atoms with Gasteiger partial charge in [0.15, 0.2) is 0 Å². The molecule has 2 aliphatic rings. The molecule has 0 N–H and O–H groups in total. The van der Waals surface area contributed by atoms with E-state index in [0.29, 0.717) is 25.0 Å². The zero-order chi connectivity index (χ0) is 17.2. The predicted molar refractivity (Wildman–Crippen MR) is 94.3 cm³/mol. The molecule has 2 saturated heterocycles. The Morgan fingerprint density at radius 2 is 1.79 bits per heavy atom. The Morgan fingerprint density at radius 1 is 1.17 bits per heavy atom. The van der Waals surface area contributed by atoms with E-state index < -0.39 is 5.41 Å². The summed E-state index contributed by atoms with van der Waals surface area (Å²) in [5.41, 5.74) is 0.508. The maximum atomic E-state index is 13.6. The monoisotopic (exact) mass is 331 g/mol. The average molecular weight is 331 g/mol. The van der Waals surface area contributed by atoms with Gasteiger partial charge in [0.2, 0.25) is 5.91 Å². The number of carbonyl (C=O) groups excluding carboxylic acids is 1. The number of amides is 1. The van der Waals surface area contributed by atoms with E-state index in [1.807, 2.05) is 18.2 Å². The highest BCUT2D eigenvalue weighted by atomic mass is 16.5. The van der Waals surface area contributed by atoms with E-state index in [-0.39, 0.29) is 5.91 Å². The molecule has 1 aromatic rings. The smallest absolute Gasteiger partial charge is 0.233 e. The van der Waals surface area contributed by atoms with E-state index in [9.17, 15) is 4.79 Å². The highest BCUT2D eigenvalue weighted by Gasteiger charge is 2.46. The van der Waals surface area contributed by atoms with Crippen molar-refractivity contribution in [3.05, 3.63) is 29.8 Å². The molecule has 4 nitrogen and oxygen atoms in total. The van der Waals surface area contributed by atoms with Crippen molar-refractivity contribution >= 4 is 5.91 Å². The Hall–Kier alpha value is -1.55. The van der Waals surface area contributed by atoms with Crippen molar-refractivity contribution in [2.24, 2.45) is 11.8 Å². The van der Waals surface area contributed by atoms with E-state index in [2.05, 4.69) is 24.8 Å². The topological polar surface area (TPSA) is 38.8 Å². The largest absolute Gasteiger partial charge is 0.496 e. The summed E-state index contributed by atoms with van der Waals surface area (Å²) in [7, 11) is 1.68. The molecule has 0 bridgehead atoms. The molecule has 2 aliphatic heterocycles. The number of piperidine rings is 1. The molecule has 2 atom stereocenters. The van der Waals surface area contributed by atoms with Gasteiger partial charge >= 0.3 is 0 Å². The highest BCUT2D eigenvalue weighted by molar-refractivity contribution is 5.89. The second-order valence-corrected chi connectivity index (χ2v) is 7.55. The zero-order valence-corrected chi connectivity index (χ0v) is 15.1. The molecule has 0 unspecified atom stereocenters. The third-order valence-corrected chi connectivity index (χ3v) is 5.53. The fourth-order valence-corrected chi connectivity index (χ4v) is 4.49. The van der Waals surface area contributed by atoms with Crippen LogP contribution in [0.15, 0.2) is 24.3 Å². The summed E-state index contributed by atoms with van der Waals surface area (Å²) in [6.07, 6.45) is 2.66. The first-order valence-electron chi connectivity index (χ1n) is 9.07. The normalized spacial score (nSPS) is 26.9. The van der Waals surface area contributed by atoms with Gasteiger partial charge in [-0.05, 0) is 37.2 Å². The van der Waals surface area contributed by atoms with Crippen LogP contribution in [0, 0.1) is 11.8 Å². The van der Waals surface area contributed by atoms with Crippen molar-refractivity contribution in [1.29, 1.82) is 0 Å². The summed E-state index contributed by atoms with van der Waals surface area (Å²) in [4.78, 5) is 15.7. The maximum absolute atomic E-state index is 13.6. The molecule has 0 aromatic heterocycles. The van der Waals surface area contributed by atoms with Crippen LogP contribution < -0.4 is 4.74 Å². The van der Waals surface area contributed by atoms with Gasteiger partial charge in [-0.3, -0.25) is 4.79 Å². The third-order valence-electron chi connectivity index (χ3n) is 5.53. The molecule has 3 rings (SSSR count). The second kappa shape index (κ2) is 7.14. The van der Waals surface area contributed by atoms with Crippen LogP contribution in [0.25, 0.3) is 0 Å². The minimum absolute atomic E-state index is 0.258. The summed E-state index contributed by atoms with van der Waals surface area (Å²) >= 11 is 0. The third kappa shape index (κ3) is 3.16. The van der Waals surface area contributed by atoms with Crippen LogP contribution in [-0.2, 0) is 14.9 Å². The van der Waals surface area contributed by atoms with Crippen molar-refractivity contribution in [3.8, 4) is 5.75 Å². The minimum Gasteiger partial charge on any atom is -0.496 e. The fraction of sp³-hybridized carbons (Fsp3) is 0.650. The summed E-state index contributed by atoms with van der Waals surface area (Å²) in [6.45, 7) is 7.47. The summed E-state index contributed by atoms with van der Waals surface area (Å²) < 4.78 is 11.2. The number of para-hydroxylation sites is 1. The van der Waals surface area contributed by atoms with Crippen LogP contribution in [0.5, 0.6) is 5.75 Å². The van der Waals surface area contributed by atoms with Crippen LogP contribution in [0.1, 0.15) is 38.7 Å². The molecule has 0 saturated carbocycles. The van der Waals surface area contributed by atoms with Gasteiger partial charge in [0, 0.05) is 31.9 Å². The van der Waals surface area contributed by atoms with Gasteiger partial charge in [-0.1, -0.05) is 32.0 Å². The highest BCUT2D eigenvalue weighted by Crippen LogP contribution is 2.42. The molecule has 4 heteroatoms. The molecular formula is C20H29NO3. The number of rotatable bonds is 3. The van der Waals surface area contributed by atoms with Crippen LogP contribution >= 0.6 is 0 Å². The van der Waals surface area contributed by atoms with Gasteiger partial charge in [-0.2, -0.15) is 0 Å². The first kappa shape index (κ1) is 17.3. The zero-order valence-electron chi connectivity index (χ0n) is 15.1. The number of benzene rings is 1. The van der Waals surface area contributed by atoms with Gasteiger partial charge in [0.25, 0.3) is 0 Å². The molecule has 1 aromatic carbocycles. The van der Waals surface area contributed by atoms with E-state index in [1.54, 1.807) is 7.11 Å². The van der Waals surface area contributed by atoms with Crippen LogP contribution in [0.3, 0.4) is 0 Å². The number of likely N-dealkylation sites (tertiary alicyclic amines) is 1. The van der Waals surface area contributed by atoms with Crippen LogP contribution in [0.2, 0.25) is 0 Å². The molecule has 2 fully saturated rings. The van der Waals surface area contributed by atoms with E-state index in [1.165, 1.54) is 6.42 Å². The van der Waals surface area contributed by atoms with Crippen molar-refractivity contribution in [2.45, 2.75) is 38.5 Å². The van der Waals surface area contributed by atoms with E-state index in [0.717, 1.165) is 37.2 Å². The Kier molecular flexibility index (Phi) is 5.14. The van der Waals surface area contributed by atoms with Gasteiger partial charge < -0.3 is 14.4 Å². The number of nitrogens with zero attached hydrogens (tertiary/aromatic N) is 1. The number of hydrogen-bond donors (Lipinski definition) is 0. The molecule has 0 spiro atoms. The Labute approximate surface area is 145 Å². The van der Waals surface area contributed by atoms with Crippen LogP contribution in [-0.4, -0.2) is 44.2 Å². The van der Waals surface area contributed by atoms with E-state index >= 15 is 0 Å². The van der Waals surface area contributed by atoms with Crippen molar-refractivity contribution in [3.63, 3.8) is 0 Å². The van der Waals surface area contributed by atoms with Gasteiger partial charge in [0.05, 0.1) is 12.5 Å². The lowest BCUT2D eigenvalue weighted by Crippen LogP contribution is -2.53. The predicted octanol–water partition coefficient (Wildman–Crippen LogP) is 3.25. The standard InChI is InChI=1S/C20H29NO3/c1-15-12-16(2)14-21(13-15)19(22)20(8-10-24-11-9-20)17-6-4-5-7-18(17)23-3/h4-7,15-16H,8-14H2,1-3H3/t15-,16-/m0/s1. The minimum atomic E-state index is -0.512. The van der Waals surface area contributed by atoms with Crippen molar-refractivity contribution < 1.29 is 14.3 Å². The Balaban J connectivity index is 1.98. The quantitative estimate of drug-likeness (QED) is 0.853. The number of carbonyl (C=O) groups is 1. The number of hydrogen-bond acceptors (Lipinski definition) is 3. The molecule has 24 heavy (non-hydrogen) atoms. The van der Waals surface area contributed by atoms with Gasteiger partial charge in [0.1, 0.15) is 5.75 Å². The Bertz CT molecular complexity index is 570. The molecule has 2 heterocycles. The lowest BCUT2D eigenvalue weighted by atomic mass is 9.72. The van der Waals surface area contributed by atoms with Crippen molar-refractivity contribution in [2.75, 3.05) is 33.4 Å². The Morgan fingerprint density at radius 3 is 2.42 bits per heavy atom. The molecule has 132 valence electrons. The maximum Gasteiger partial charge on any atom is 0.233 e. The summed E-state index contributed by atoms with van der Waals surface area (Å²) in [5.74, 6) is 2.19. The summed E-state index contributed by atoms with van der Waals surface area (Å²) in [5, 5.41) is 0. The lowest BCUT2D eigenvalue weighted by Gasteiger charge is -2.44. The van der Waals surface area contributed by atoms with Gasteiger partial charge in [-0.15, -0.1) is 0 Å². The number of ether oxygens (including phenoxy) is 2. The van der Waals surface area contributed by atoms with Gasteiger partial charge in [-0.25, -0.2) is 0 Å². The first-order valence-corrected chi connectivity index (χ1v) is 9.07. The van der Waals surface area contributed by atoms with Crippen LogP contribution in [0.4, 0.5) is 0 Å². The second-order valence-electron chi connectivity index (χ2n) is 7.55. The molecule has 0 radical (unpaired) electrons. The molecule has 1 amide bonds. The number of methoxy groups -OCH3 is 1.